The Morgan fingerprint density at radius 2 is 1.57 bits per heavy atom. The number of aliphatic hydroxyl groups is 1. The fourth-order valence-corrected chi connectivity index (χ4v) is 4.18. The van der Waals surface area contributed by atoms with Crippen LogP contribution in [-0.4, -0.2) is 11.0 Å². The zero-order valence-corrected chi connectivity index (χ0v) is 20.0. The molecule has 0 aromatic heterocycles. The maximum absolute atomic E-state index is 13.4. The monoisotopic (exact) mass is 520 g/mol. The minimum Gasteiger partial charge on any atom is -0.375 e. The summed E-state index contributed by atoms with van der Waals surface area (Å²) in [4.78, 5) is 13.4. The maximum Gasteiger partial charge on any atom is 0.416 e. The topological polar surface area (TPSA) is 73.1 Å². The molecule has 0 saturated heterocycles. The number of amides is 1. The van der Waals surface area contributed by atoms with Gasteiger partial charge in [0.1, 0.15) is 6.07 Å². The van der Waals surface area contributed by atoms with E-state index in [1.165, 1.54) is 30.3 Å². The predicted molar refractivity (Wildman–Crippen MR) is 136 cm³/mol. The molecule has 4 aromatic rings. The number of nitrogens with zero attached hydrogens (tertiary/aromatic N) is 1. The first-order chi connectivity index (χ1) is 17.6. The Morgan fingerprint density at radius 1 is 0.865 bits per heavy atom. The number of alkyl halides is 3. The molecule has 0 radical (unpaired) electrons. The lowest BCUT2D eigenvalue weighted by molar-refractivity contribution is -0.137. The van der Waals surface area contributed by atoms with Gasteiger partial charge in [0, 0.05) is 12.1 Å². The molecule has 0 bridgehead atoms. The Balaban J connectivity index is 1.65. The van der Waals surface area contributed by atoms with E-state index in [0.717, 1.165) is 12.1 Å². The van der Waals surface area contributed by atoms with Crippen LogP contribution in [0.25, 0.3) is 11.1 Å². The molecule has 186 valence electrons. The average molecular weight is 521 g/mol. The molecule has 0 aliphatic rings. The van der Waals surface area contributed by atoms with Gasteiger partial charge in [-0.3, -0.25) is 4.79 Å². The number of hydrogen-bond acceptors (Lipinski definition) is 3. The number of rotatable bonds is 6. The van der Waals surface area contributed by atoms with E-state index in [2.05, 4.69) is 5.32 Å². The van der Waals surface area contributed by atoms with Crippen LogP contribution in [0.4, 0.5) is 18.9 Å². The van der Waals surface area contributed by atoms with Crippen LogP contribution in [0.1, 0.15) is 22.3 Å². The Hall–Kier alpha value is -4.12. The second-order valence-electron chi connectivity index (χ2n) is 8.44. The second-order valence-corrected chi connectivity index (χ2v) is 8.85. The van der Waals surface area contributed by atoms with E-state index in [-0.39, 0.29) is 17.0 Å². The van der Waals surface area contributed by atoms with Gasteiger partial charge >= 0.3 is 6.18 Å². The minimum atomic E-state index is -4.43. The highest BCUT2D eigenvalue weighted by Crippen LogP contribution is 2.33. The van der Waals surface area contributed by atoms with Crippen molar-refractivity contribution in [3.8, 4) is 17.2 Å². The van der Waals surface area contributed by atoms with Gasteiger partial charge in [-0.15, -0.1) is 0 Å². The van der Waals surface area contributed by atoms with Crippen molar-refractivity contribution in [2.75, 3.05) is 5.32 Å². The van der Waals surface area contributed by atoms with E-state index in [4.69, 9.17) is 16.9 Å². The Morgan fingerprint density at radius 3 is 2.19 bits per heavy atom. The summed E-state index contributed by atoms with van der Waals surface area (Å²) in [6.07, 6.45) is -4.54. The normalized spacial score (nSPS) is 12.9. The van der Waals surface area contributed by atoms with Crippen LogP contribution in [0, 0.1) is 11.3 Å². The number of carbonyl (C=O) groups is 1. The number of anilines is 1. The van der Waals surface area contributed by atoms with E-state index in [0.29, 0.717) is 27.9 Å². The maximum atomic E-state index is 13.4. The van der Waals surface area contributed by atoms with Gasteiger partial charge in [-0.05, 0) is 52.6 Å². The van der Waals surface area contributed by atoms with Crippen LogP contribution in [0.3, 0.4) is 0 Å². The van der Waals surface area contributed by atoms with Gasteiger partial charge in [0.05, 0.1) is 16.1 Å². The van der Waals surface area contributed by atoms with Gasteiger partial charge in [0.2, 0.25) is 0 Å². The SMILES string of the molecule is N#Cc1ccc(NC(=O)C(O)(Cc2cccc(-c3ccc(C(F)(F)F)cc3)c2)c2ccccc2)cc1Cl. The number of halogens is 4. The molecule has 0 saturated carbocycles. The summed E-state index contributed by atoms with van der Waals surface area (Å²) in [6.45, 7) is 0. The number of carbonyl (C=O) groups excluding carboxylic acids is 1. The largest absolute Gasteiger partial charge is 0.416 e. The van der Waals surface area contributed by atoms with Crippen molar-refractivity contribution in [3.05, 3.63) is 124 Å². The van der Waals surface area contributed by atoms with Gasteiger partial charge < -0.3 is 10.4 Å². The highest BCUT2D eigenvalue weighted by atomic mass is 35.5. The molecule has 4 nitrogen and oxygen atoms in total. The first-order valence-electron chi connectivity index (χ1n) is 11.2. The third-order valence-electron chi connectivity index (χ3n) is 5.91. The summed E-state index contributed by atoms with van der Waals surface area (Å²) in [6, 6.07) is 26.5. The van der Waals surface area contributed by atoms with Crippen molar-refractivity contribution >= 4 is 23.2 Å². The zero-order chi connectivity index (χ0) is 26.6. The van der Waals surface area contributed by atoms with Crippen molar-refractivity contribution in [3.63, 3.8) is 0 Å². The van der Waals surface area contributed by atoms with Gasteiger partial charge in [-0.1, -0.05) is 78.3 Å². The molecule has 0 fully saturated rings. The molecule has 4 rings (SSSR count). The summed E-state index contributed by atoms with van der Waals surface area (Å²) in [5.41, 5.74) is -0.0228. The van der Waals surface area contributed by atoms with Crippen LogP contribution in [0.5, 0.6) is 0 Å². The molecule has 1 amide bonds. The molecule has 0 aliphatic heterocycles. The smallest absolute Gasteiger partial charge is 0.375 e. The Bertz CT molecular complexity index is 1470. The third-order valence-corrected chi connectivity index (χ3v) is 6.22. The van der Waals surface area contributed by atoms with Crippen molar-refractivity contribution < 1.29 is 23.1 Å². The van der Waals surface area contributed by atoms with Crippen molar-refractivity contribution in [2.24, 2.45) is 0 Å². The third kappa shape index (κ3) is 5.83. The molecule has 1 atom stereocenters. The lowest BCUT2D eigenvalue weighted by Crippen LogP contribution is -2.42. The quantitative estimate of drug-likeness (QED) is 0.288. The second kappa shape index (κ2) is 10.5. The molecule has 4 aromatic carbocycles. The van der Waals surface area contributed by atoms with E-state index in [1.807, 2.05) is 6.07 Å². The lowest BCUT2D eigenvalue weighted by Gasteiger charge is -2.28. The number of benzene rings is 4. The van der Waals surface area contributed by atoms with Crippen LogP contribution in [-0.2, 0) is 23.0 Å². The Labute approximate surface area is 216 Å². The summed E-state index contributed by atoms with van der Waals surface area (Å²) in [7, 11) is 0. The summed E-state index contributed by atoms with van der Waals surface area (Å²) in [5.74, 6) is -0.709. The van der Waals surface area contributed by atoms with Gasteiger partial charge in [0.25, 0.3) is 5.91 Å². The summed E-state index contributed by atoms with van der Waals surface area (Å²) in [5, 5.41) is 23.6. The highest BCUT2D eigenvalue weighted by molar-refractivity contribution is 6.32. The Kier molecular flexibility index (Phi) is 7.35. The van der Waals surface area contributed by atoms with Crippen LogP contribution >= 0.6 is 11.6 Å². The molecule has 0 heterocycles. The first-order valence-corrected chi connectivity index (χ1v) is 11.5. The van der Waals surface area contributed by atoms with E-state index < -0.39 is 23.2 Å². The minimum absolute atomic E-state index is 0.110. The van der Waals surface area contributed by atoms with Crippen LogP contribution in [0.2, 0.25) is 5.02 Å². The zero-order valence-electron chi connectivity index (χ0n) is 19.3. The number of nitrogens with one attached hydrogen (secondary N) is 1. The van der Waals surface area contributed by atoms with E-state index in [1.54, 1.807) is 54.6 Å². The first kappa shape index (κ1) is 26.0. The fraction of sp³-hybridized carbons (Fsp3) is 0.103. The molecule has 1 unspecified atom stereocenters. The van der Waals surface area contributed by atoms with Crippen molar-refractivity contribution in [2.45, 2.75) is 18.2 Å². The standard InChI is InChI=1S/C29H20ClF3N2O2/c30-26-16-25(14-11-22(26)18-34)35-27(36)28(37,23-7-2-1-3-8-23)17-19-5-4-6-21(15-19)20-9-12-24(13-10-20)29(31,32)33/h1-16,37H,17H2,(H,35,36). The van der Waals surface area contributed by atoms with Crippen LogP contribution < -0.4 is 5.32 Å². The number of nitriles is 1. The van der Waals surface area contributed by atoms with E-state index in [9.17, 15) is 23.1 Å². The van der Waals surface area contributed by atoms with Crippen molar-refractivity contribution in [1.82, 2.24) is 0 Å². The molecule has 2 N–H and O–H groups in total. The lowest BCUT2D eigenvalue weighted by atomic mass is 9.85. The van der Waals surface area contributed by atoms with Gasteiger partial charge in [-0.2, -0.15) is 18.4 Å². The molecule has 8 heteroatoms. The van der Waals surface area contributed by atoms with Gasteiger partial charge in [-0.25, -0.2) is 0 Å². The predicted octanol–water partition coefficient (Wildman–Crippen LogP) is 6.97. The van der Waals surface area contributed by atoms with Crippen LogP contribution in [0.15, 0.2) is 97.1 Å². The highest BCUT2D eigenvalue weighted by Gasteiger charge is 2.38. The summed E-state index contributed by atoms with van der Waals surface area (Å²) >= 11 is 6.09. The molecule has 37 heavy (non-hydrogen) atoms. The van der Waals surface area contributed by atoms with E-state index >= 15 is 0 Å². The van der Waals surface area contributed by atoms with Crippen molar-refractivity contribution in [1.29, 1.82) is 5.26 Å². The average Bonchev–Trinajstić information content (AvgIpc) is 2.89. The molecule has 0 spiro atoms. The molecular formula is C29H20ClF3N2O2. The number of hydrogen-bond donors (Lipinski definition) is 2. The fourth-order valence-electron chi connectivity index (χ4n) is 3.95. The molecule has 0 aliphatic carbocycles. The molecular weight excluding hydrogens is 501 g/mol. The summed E-state index contributed by atoms with van der Waals surface area (Å²) < 4.78 is 38.8. The van der Waals surface area contributed by atoms with Gasteiger partial charge in [0.15, 0.2) is 5.60 Å².